The zero-order valence-corrected chi connectivity index (χ0v) is 12.8. The summed E-state index contributed by atoms with van der Waals surface area (Å²) in [6.45, 7) is 3.74. The van der Waals surface area contributed by atoms with E-state index in [-0.39, 0.29) is 18.6 Å². The molecule has 1 fully saturated rings. The summed E-state index contributed by atoms with van der Waals surface area (Å²) in [4.78, 5) is 14.6. The van der Waals surface area contributed by atoms with Crippen molar-refractivity contribution < 1.29 is 14.6 Å². The number of amides is 1. The quantitative estimate of drug-likeness (QED) is 0.840. The molecule has 4 nitrogen and oxygen atoms in total. The van der Waals surface area contributed by atoms with E-state index >= 15 is 0 Å². The number of ether oxygens (including phenoxy) is 1. The normalized spacial score (nSPS) is 18.0. The Labute approximate surface area is 126 Å². The Kier molecular flexibility index (Phi) is 6.05. The molecule has 1 heterocycles. The van der Waals surface area contributed by atoms with Crippen LogP contribution in [0.15, 0.2) is 24.3 Å². The maximum Gasteiger partial charge on any atom is 0.254 e. The van der Waals surface area contributed by atoms with Crippen LogP contribution in [0.25, 0.3) is 0 Å². The van der Waals surface area contributed by atoms with Gasteiger partial charge in [0.1, 0.15) is 5.75 Å². The van der Waals surface area contributed by atoms with Gasteiger partial charge in [0.2, 0.25) is 0 Å². The molecule has 0 aliphatic carbocycles. The maximum absolute atomic E-state index is 12.7. The molecule has 1 N–H and O–H groups in total. The highest BCUT2D eigenvalue weighted by Crippen LogP contribution is 2.24. The molecule has 1 unspecified atom stereocenters. The number of carbonyl (C=O) groups is 1. The van der Waals surface area contributed by atoms with Crippen LogP contribution in [0.5, 0.6) is 5.75 Å². The SMILES string of the molecule is CCCOc1cccc(C(=O)N2CCCC2CCCO)c1. The van der Waals surface area contributed by atoms with Crippen LogP contribution >= 0.6 is 0 Å². The average Bonchev–Trinajstić information content (AvgIpc) is 2.98. The number of aliphatic hydroxyl groups excluding tert-OH is 1. The third-order valence-electron chi connectivity index (χ3n) is 3.89. The van der Waals surface area contributed by atoms with Gasteiger partial charge in [-0.1, -0.05) is 13.0 Å². The lowest BCUT2D eigenvalue weighted by Gasteiger charge is -2.24. The minimum atomic E-state index is 0.0809. The van der Waals surface area contributed by atoms with Crippen LogP contribution in [0.3, 0.4) is 0 Å². The van der Waals surface area contributed by atoms with Gasteiger partial charge in [-0.3, -0.25) is 4.79 Å². The molecule has 1 saturated heterocycles. The van der Waals surface area contributed by atoms with Gasteiger partial charge in [-0.15, -0.1) is 0 Å². The number of aliphatic hydroxyl groups is 1. The molecule has 2 rings (SSSR count). The van der Waals surface area contributed by atoms with Crippen molar-refractivity contribution in [1.29, 1.82) is 0 Å². The molecule has 1 aromatic rings. The summed E-state index contributed by atoms with van der Waals surface area (Å²) >= 11 is 0. The lowest BCUT2D eigenvalue weighted by molar-refractivity contribution is 0.0724. The van der Waals surface area contributed by atoms with Crippen LogP contribution in [-0.2, 0) is 0 Å². The number of likely N-dealkylation sites (tertiary alicyclic amines) is 1. The van der Waals surface area contributed by atoms with Crippen molar-refractivity contribution in [1.82, 2.24) is 4.90 Å². The van der Waals surface area contributed by atoms with E-state index in [2.05, 4.69) is 6.92 Å². The first-order valence-corrected chi connectivity index (χ1v) is 7.91. The summed E-state index contributed by atoms with van der Waals surface area (Å²) in [7, 11) is 0. The van der Waals surface area contributed by atoms with Crippen LogP contribution in [0.1, 0.15) is 49.4 Å². The predicted octanol–water partition coefficient (Wildman–Crippen LogP) is 2.85. The van der Waals surface area contributed by atoms with E-state index in [0.29, 0.717) is 12.2 Å². The van der Waals surface area contributed by atoms with E-state index in [1.54, 1.807) is 0 Å². The van der Waals surface area contributed by atoms with E-state index in [0.717, 1.165) is 44.4 Å². The van der Waals surface area contributed by atoms with Gasteiger partial charge < -0.3 is 14.7 Å². The van der Waals surface area contributed by atoms with E-state index in [9.17, 15) is 4.79 Å². The van der Waals surface area contributed by atoms with E-state index < -0.39 is 0 Å². The fourth-order valence-corrected chi connectivity index (χ4v) is 2.83. The van der Waals surface area contributed by atoms with Crippen LogP contribution in [0.2, 0.25) is 0 Å². The van der Waals surface area contributed by atoms with E-state index in [1.165, 1.54) is 0 Å². The van der Waals surface area contributed by atoms with Gasteiger partial charge in [0.05, 0.1) is 6.61 Å². The number of carbonyl (C=O) groups excluding carboxylic acids is 1. The molecule has 0 spiro atoms. The highest BCUT2D eigenvalue weighted by atomic mass is 16.5. The molecule has 0 bridgehead atoms. The molecular weight excluding hydrogens is 266 g/mol. The van der Waals surface area contributed by atoms with Gasteiger partial charge in [0.15, 0.2) is 0 Å². The average molecular weight is 291 g/mol. The highest BCUT2D eigenvalue weighted by Gasteiger charge is 2.28. The molecule has 21 heavy (non-hydrogen) atoms. The fraction of sp³-hybridized carbons (Fsp3) is 0.588. The molecule has 4 heteroatoms. The Morgan fingerprint density at radius 3 is 3.10 bits per heavy atom. The minimum Gasteiger partial charge on any atom is -0.494 e. The highest BCUT2D eigenvalue weighted by molar-refractivity contribution is 5.95. The molecule has 1 atom stereocenters. The molecule has 1 aromatic carbocycles. The van der Waals surface area contributed by atoms with Gasteiger partial charge >= 0.3 is 0 Å². The van der Waals surface area contributed by atoms with Crippen molar-refractivity contribution in [2.75, 3.05) is 19.8 Å². The molecule has 0 saturated carbocycles. The topological polar surface area (TPSA) is 49.8 Å². The summed E-state index contributed by atoms with van der Waals surface area (Å²) in [5.41, 5.74) is 0.694. The zero-order valence-electron chi connectivity index (χ0n) is 12.8. The van der Waals surface area contributed by atoms with Crippen LogP contribution in [0.4, 0.5) is 0 Å². The van der Waals surface area contributed by atoms with Gasteiger partial charge in [0, 0.05) is 24.8 Å². The Balaban J connectivity index is 2.04. The zero-order chi connectivity index (χ0) is 15.1. The van der Waals surface area contributed by atoms with Crippen molar-refractivity contribution in [3.8, 4) is 5.75 Å². The summed E-state index contributed by atoms with van der Waals surface area (Å²) in [6, 6.07) is 7.71. The summed E-state index contributed by atoms with van der Waals surface area (Å²) in [5, 5.41) is 8.97. The molecule has 116 valence electrons. The third kappa shape index (κ3) is 4.21. The summed E-state index contributed by atoms with van der Waals surface area (Å²) in [5.74, 6) is 0.839. The number of benzene rings is 1. The second-order valence-electron chi connectivity index (χ2n) is 5.54. The Morgan fingerprint density at radius 1 is 1.48 bits per heavy atom. The minimum absolute atomic E-state index is 0.0809. The van der Waals surface area contributed by atoms with E-state index in [4.69, 9.17) is 9.84 Å². The smallest absolute Gasteiger partial charge is 0.254 e. The second-order valence-corrected chi connectivity index (χ2v) is 5.54. The van der Waals surface area contributed by atoms with Crippen LogP contribution in [0, 0.1) is 0 Å². The van der Waals surface area contributed by atoms with Crippen molar-refractivity contribution in [2.45, 2.75) is 45.1 Å². The van der Waals surface area contributed by atoms with Gasteiger partial charge in [-0.25, -0.2) is 0 Å². The predicted molar refractivity (Wildman–Crippen MR) is 82.6 cm³/mol. The first kappa shape index (κ1) is 15.8. The van der Waals surface area contributed by atoms with Gasteiger partial charge in [0.25, 0.3) is 5.91 Å². The van der Waals surface area contributed by atoms with Crippen molar-refractivity contribution in [2.24, 2.45) is 0 Å². The fourth-order valence-electron chi connectivity index (χ4n) is 2.83. The molecule has 1 amide bonds. The van der Waals surface area contributed by atoms with Crippen molar-refractivity contribution >= 4 is 5.91 Å². The van der Waals surface area contributed by atoms with Crippen molar-refractivity contribution in [3.05, 3.63) is 29.8 Å². The summed E-state index contributed by atoms with van der Waals surface area (Å²) in [6.07, 6.45) is 4.68. The standard InChI is InChI=1S/C17H25NO3/c1-2-12-21-16-9-3-6-14(13-16)17(20)18-10-4-7-15(18)8-5-11-19/h3,6,9,13,15,19H,2,4-5,7-8,10-12H2,1H3. The monoisotopic (exact) mass is 291 g/mol. The lowest BCUT2D eigenvalue weighted by atomic mass is 10.1. The number of hydrogen-bond acceptors (Lipinski definition) is 3. The molecule has 1 aliphatic rings. The second kappa shape index (κ2) is 8.03. The Hall–Kier alpha value is -1.55. The largest absolute Gasteiger partial charge is 0.494 e. The molecule has 0 radical (unpaired) electrons. The number of nitrogens with zero attached hydrogens (tertiary/aromatic N) is 1. The van der Waals surface area contributed by atoms with Crippen LogP contribution in [-0.4, -0.2) is 41.7 Å². The number of rotatable bonds is 7. The first-order valence-electron chi connectivity index (χ1n) is 7.91. The van der Waals surface area contributed by atoms with Gasteiger partial charge in [-0.05, 0) is 50.3 Å². The Bertz CT molecular complexity index is 461. The Morgan fingerprint density at radius 2 is 2.33 bits per heavy atom. The maximum atomic E-state index is 12.7. The first-order chi connectivity index (χ1) is 10.3. The van der Waals surface area contributed by atoms with Gasteiger partial charge in [-0.2, -0.15) is 0 Å². The lowest BCUT2D eigenvalue weighted by Crippen LogP contribution is -2.35. The van der Waals surface area contributed by atoms with E-state index in [1.807, 2.05) is 29.2 Å². The molecular formula is C17H25NO3. The van der Waals surface area contributed by atoms with Crippen LogP contribution < -0.4 is 4.74 Å². The molecule has 0 aromatic heterocycles. The molecule has 1 aliphatic heterocycles. The summed E-state index contributed by atoms with van der Waals surface area (Å²) < 4.78 is 5.60. The van der Waals surface area contributed by atoms with Crippen molar-refractivity contribution in [3.63, 3.8) is 0 Å². The third-order valence-corrected chi connectivity index (χ3v) is 3.89. The number of hydrogen-bond donors (Lipinski definition) is 1.